The molecule has 2 heterocycles. The molecule has 0 spiro atoms. The van der Waals surface area contributed by atoms with E-state index in [2.05, 4.69) is 22.3 Å². The molecule has 0 amide bonds. The van der Waals surface area contributed by atoms with Crippen LogP contribution in [0.3, 0.4) is 0 Å². The van der Waals surface area contributed by atoms with Gasteiger partial charge in [0, 0.05) is 37.1 Å². The zero-order valence-corrected chi connectivity index (χ0v) is 11.3. The van der Waals surface area contributed by atoms with Crippen molar-refractivity contribution < 1.29 is 0 Å². The van der Waals surface area contributed by atoms with E-state index in [4.69, 9.17) is 5.73 Å². The van der Waals surface area contributed by atoms with Crippen LogP contribution in [0.5, 0.6) is 0 Å². The zero-order chi connectivity index (χ0) is 13.9. The van der Waals surface area contributed by atoms with Crippen molar-refractivity contribution in [1.82, 2.24) is 19.6 Å². The molecule has 0 aliphatic carbocycles. The monoisotopic (exact) mass is 267 g/mol. The SMILES string of the molecule is Cn1cc(C(CN)n2cc(-c3ccccc3)cn2)cn1. The van der Waals surface area contributed by atoms with E-state index in [1.54, 1.807) is 4.68 Å². The lowest BCUT2D eigenvalue weighted by molar-refractivity contribution is 0.531. The second-order valence-electron chi connectivity index (χ2n) is 4.77. The summed E-state index contributed by atoms with van der Waals surface area (Å²) in [6, 6.07) is 10.2. The smallest absolute Gasteiger partial charge is 0.0921 e. The molecule has 1 atom stereocenters. The number of nitrogens with zero attached hydrogens (tertiary/aromatic N) is 4. The zero-order valence-electron chi connectivity index (χ0n) is 11.3. The molecule has 102 valence electrons. The Kier molecular flexibility index (Phi) is 3.35. The lowest BCUT2D eigenvalue weighted by atomic mass is 10.1. The third kappa shape index (κ3) is 2.35. The third-order valence-corrected chi connectivity index (χ3v) is 3.36. The first kappa shape index (κ1) is 12.6. The molecule has 3 rings (SSSR count). The van der Waals surface area contributed by atoms with Crippen molar-refractivity contribution in [2.75, 3.05) is 6.54 Å². The molecule has 0 radical (unpaired) electrons. The van der Waals surface area contributed by atoms with Gasteiger partial charge in [0.2, 0.25) is 0 Å². The molecule has 20 heavy (non-hydrogen) atoms. The molecular weight excluding hydrogens is 250 g/mol. The number of rotatable bonds is 4. The van der Waals surface area contributed by atoms with Gasteiger partial charge in [0.1, 0.15) is 0 Å². The molecule has 2 N–H and O–H groups in total. The Morgan fingerprint density at radius 2 is 1.85 bits per heavy atom. The molecule has 1 aromatic carbocycles. The Morgan fingerprint density at radius 3 is 2.50 bits per heavy atom. The molecule has 0 bridgehead atoms. The molecule has 0 saturated heterocycles. The average molecular weight is 267 g/mol. The normalized spacial score (nSPS) is 12.5. The van der Waals surface area contributed by atoms with E-state index in [0.717, 1.165) is 16.7 Å². The van der Waals surface area contributed by atoms with Crippen molar-refractivity contribution in [3.05, 3.63) is 60.7 Å². The molecule has 5 nitrogen and oxygen atoms in total. The maximum Gasteiger partial charge on any atom is 0.0921 e. The van der Waals surface area contributed by atoms with Gasteiger partial charge in [-0.15, -0.1) is 0 Å². The number of hydrogen-bond acceptors (Lipinski definition) is 3. The molecule has 0 aliphatic rings. The highest BCUT2D eigenvalue weighted by molar-refractivity contribution is 5.61. The van der Waals surface area contributed by atoms with Crippen LogP contribution in [-0.4, -0.2) is 26.1 Å². The minimum atomic E-state index is 0.0150. The van der Waals surface area contributed by atoms with Crippen LogP contribution in [0.1, 0.15) is 11.6 Å². The Morgan fingerprint density at radius 1 is 1.05 bits per heavy atom. The topological polar surface area (TPSA) is 61.7 Å². The van der Waals surface area contributed by atoms with E-state index in [1.165, 1.54) is 0 Å². The van der Waals surface area contributed by atoms with Crippen LogP contribution in [0, 0.1) is 0 Å². The Labute approximate surface area is 117 Å². The number of aryl methyl sites for hydroxylation is 1. The summed E-state index contributed by atoms with van der Waals surface area (Å²) in [7, 11) is 1.90. The van der Waals surface area contributed by atoms with Crippen LogP contribution in [0.25, 0.3) is 11.1 Å². The molecule has 3 aromatic rings. The molecule has 5 heteroatoms. The van der Waals surface area contributed by atoms with Crippen molar-refractivity contribution in [3.8, 4) is 11.1 Å². The van der Waals surface area contributed by atoms with Gasteiger partial charge >= 0.3 is 0 Å². The van der Waals surface area contributed by atoms with Crippen molar-refractivity contribution in [3.63, 3.8) is 0 Å². The maximum absolute atomic E-state index is 5.90. The summed E-state index contributed by atoms with van der Waals surface area (Å²) in [4.78, 5) is 0. The van der Waals surface area contributed by atoms with E-state index in [0.29, 0.717) is 6.54 Å². The maximum atomic E-state index is 5.90. The highest BCUT2D eigenvalue weighted by atomic mass is 15.3. The second-order valence-corrected chi connectivity index (χ2v) is 4.77. The van der Waals surface area contributed by atoms with Gasteiger partial charge < -0.3 is 5.73 Å². The fourth-order valence-corrected chi connectivity index (χ4v) is 2.30. The summed E-state index contributed by atoms with van der Waals surface area (Å²) < 4.78 is 3.68. The Hall–Kier alpha value is -2.40. The molecule has 2 aromatic heterocycles. The van der Waals surface area contributed by atoms with Crippen molar-refractivity contribution in [2.45, 2.75) is 6.04 Å². The van der Waals surface area contributed by atoms with Gasteiger partial charge in [-0.25, -0.2) is 0 Å². The van der Waals surface area contributed by atoms with Crippen molar-refractivity contribution >= 4 is 0 Å². The first-order chi connectivity index (χ1) is 9.78. The lowest BCUT2D eigenvalue weighted by Gasteiger charge is -2.13. The van der Waals surface area contributed by atoms with Gasteiger partial charge in [-0.2, -0.15) is 10.2 Å². The number of aromatic nitrogens is 4. The third-order valence-electron chi connectivity index (χ3n) is 3.36. The van der Waals surface area contributed by atoms with E-state index in [9.17, 15) is 0 Å². The first-order valence-electron chi connectivity index (χ1n) is 6.56. The fourth-order valence-electron chi connectivity index (χ4n) is 2.30. The highest BCUT2D eigenvalue weighted by Gasteiger charge is 2.15. The summed E-state index contributed by atoms with van der Waals surface area (Å²) in [5.41, 5.74) is 9.21. The summed E-state index contributed by atoms with van der Waals surface area (Å²) in [5.74, 6) is 0. The van der Waals surface area contributed by atoms with E-state index >= 15 is 0 Å². The average Bonchev–Trinajstić information content (AvgIpc) is 3.11. The van der Waals surface area contributed by atoms with Crippen molar-refractivity contribution in [1.29, 1.82) is 0 Å². The Bertz CT molecular complexity index is 683. The summed E-state index contributed by atoms with van der Waals surface area (Å²) in [6.45, 7) is 0.488. The standard InChI is InChI=1S/C15H17N5/c1-19-10-14(9-17-19)15(7-16)20-11-13(8-18-20)12-5-3-2-4-6-12/h2-6,8-11,15H,7,16H2,1H3. The van der Waals surface area contributed by atoms with Gasteiger partial charge in [-0.05, 0) is 5.56 Å². The van der Waals surface area contributed by atoms with Crippen molar-refractivity contribution in [2.24, 2.45) is 12.8 Å². The molecule has 0 fully saturated rings. The van der Waals surface area contributed by atoms with Gasteiger partial charge in [-0.3, -0.25) is 9.36 Å². The van der Waals surface area contributed by atoms with Crippen LogP contribution in [0.15, 0.2) is 55.1 Å². The predicted molar refractivity (Wildman–Crippen MR) is 78.1 cm³/mol. The Balaban J connectivity index is 1.92. The minimum Gasteiger partial charge on any atom is -0.328 e. The summed E-state index contributed by atoms with van der Waals surface area (Å²) in [6.07, 6.45) is 7.71. The number of benzene rings is 1. The van der Waals surface area contributed by atoms with Crippen LogP contribution in [0.4, 0.5) is 0 Å². The minimum absolute atomic E-state index is 0.0150. The summed E-state index contributed by atoms with van der Waals surface area (Å²) in [5, 5.41) is 8.64. The van der Waals surface area contributed by atoms with E-state index in [1.807, 2.05) is 54.7 Å². The summed E-state index contributed by atoms with van der Waals surface area (Å²) >= 11 is 0. The van der Waals surface area contributed by atoms with Gasteiger partial charge in [0.25, 0.3) is 0 Å². The molecule has 0 saturated carbocycles. The molecule has 1 unspecified atom stereocenters. The van der Waals surface area contributed by atoms with Crippen LogP contribution in [0.2, 0.25) is 0 Å². The van der Waals surface area contributed by atoms with Crippen LogP contribution < -0.4 is 5.73 Å². The van der Waals surface area contributed by atoms with Gasteiger partial charge in [0.05, 0.1) is 18.4 Å². The predicted octanol–water partition coefficient (Wildman–Crippen LogP) is 1.83. The van der Waals surface area contributed by atoms with Gasteiger partial charge in [-0.1, -0.05) is 30.3 Å². The number of nitrogens with two attached hydrogens (primary N) is 1. The quantitative estimate of drug-likeness (QED) is 0.784. The highest BCUT2D eigenvalue weighted by Crippen LogP contribution is 2.22. The van der Waals surface area contributed by atoms with Crippen LogP contribution >= 0.6 is 0 Å². The number of hydrogen-bond donors (Lipinski definition) is 1. The molecular formula is C15H17N5. The largest absolute Gasteiger partial charge is 0.328 e. The first-order valence-corrected chi connectivity index (χ1v) is 6.56. The van der Waals surface area contributed by atoms with Gasteiger partial charge in [0.15, 0.2) is 0 Å². The lowest BCUT2D eigenvalue weighted by Crippen LogP contribution is -2.20. The van der Waals surface area contributed by atoms with E-state index < -0.39 is 0 Å². The fraction of sp³-hybridized carbons (Fsp3) is 0.200. The van der Waals surface area contributed by atoms with E-state index in [-0.39, 0.29) is 6.04 Å². The molecule has 0 aliphatic heterocycles. The van der Waals surface area contributed by atoms with Crippen LogP contribution in [-0.2, 0) is 7.05 Å². The second kappa shape index (κ2) is 5.30.